The van der Waals surface area contributed by atoms with Gasteiger partial charge in [0.25, 0.3) is 0 Å². The molecule has 0 spiro atoms. The lowest BCUT2D eigenvalue weighted by molar-refractivity contribution is 0.103. The molecule has 4 heteroatoms. The van der Waals surface area contributed by atoms with E-state index in [4.69, 9.17) is 11.6 Å². The van der Waals surface area contributed by atoms with E-state index < -0.39 is 5.82 Å². The molecule has 2 aromatic rings. The van der Waals surface area contributed by atoms with Gasteiger partial charge in [-0.3, -0.25) is 9.69 Å². The number of ketones is 1. The lowest BCUT2D eigenvalue weighted by Gasteiger charge is -2.15. The van der Waals surface area contributed by atoms with Crippen LogP contribution in [0.1, 0.15) is 21.5 Å². The Labute approximate surface area is 133 Å². The Balaban J connectivity index is 1.83. The fraction of sp³-hybridized carbons (Fsp3) is 0.167. The van der Waals surface area contributed by atoms with E-state index in [9.17, 15) is 9.18 Å². The number of rotatable bonds is 4. The number of carbonyl (C=O) groups is 1. The topological polar surface area (TPSA) is 20.3 Å². The predicted octanol–water partition coefficient (Wildman–Crippen LogP) is 4.08. The van der Waals surface area contributed by atoms with Crippen molar-refractivity contribution < 1.29 is 9.18 Å². The van der Waals surface area contributed by atoms with Crippen molar-refractivity contribution >= 4 is 17.4 Å². The van der Waals surface area contributed by atoms with Crippen LogP contribution in [0.4, 0.5) is 4.39 Å². The van der Waals surface area contributed by atoms with E-state index in [1.54, 1.807) is 6.07 Å². The van der Waals surface area contributed by atoms with E-state index in [-0.39, 0.29) is 16.4 Å². The minimum Gasteiger partial charge on any atom is -0.292 e. The molecule has 0 aromatic heterocycles. The van der Waals surface area contributed by atoms with Crippen molar-refractivity contribution in [2.45, 2.75) is 6.54 Å². The summed E-state index contributed by atoms with van der Waals surface area (Å²) in [5, 5.41) is 0.282. The molecular formula is C18H15ClFNO. The normalized spacial score (nSPS) is 14.5. The van der Waals surface area contributed by atoms with Crippen molar-refractivity contribution in [2.24, 2.45) is 0 Å². The minimum atomic E-state index is -0.591. The molecule has 0 fully saturated rings. The Hall–Kier alpha value is -1.97. The predicted molar refractivity (Wildman–Crippen MR) is 85.7 cm³/mol. The lowest BCUT2D eigenvalue weighted by atomic mass is 10.0. The van der Waals surface area contributed by atoms with Crippen molar-refractivity contribution in [3.05, 3.63) is 82.1 Å². The molecule has 0 unspecified atom stereocenters. The molecule has 2 aromatic carbocycles. The van der Waals surface area contributed by atoms with Gasteiger partial charge in [-0.05, 0) is 29.8 Å². The van der Waals surface area contributed by atoms with Gasteiger partial charge in [-0.1, -0.05) is 42.0 Å². The summed E-state index contributed by atoms with van der Waals surface area (Å²) in [6, 6.07) is 11.5. The number of carbonyl (C=O) groups excluding carboxylic acids is 1. The van der Waals surface area contributed by atoms with E-state index in [2.05, 4.69) is 17.1 Å². The molecule has 0 radical (unpaired) electrons. The second-order valence-corrected chi connectivity index (χ2v) is 5.76. The van der Waals surface area contributed by atoms with Crippen LogP contribution in [0.15, 0.2) is 54.6 Å². The summed E-state index contributed by atoms with van der Waals surface area (Å²) in [6.07, 6.45) is 4.25. The van der Waals surface area contributed by atoms with Crippen LogP contribution in [0.25, 0.3) is 0 Å². The van der Waals surface area contributed by atoms with E-state index in [1.165, 1.54) is 12.1 Å². The molecule has 0 aliphatic carbocycles. The van der Waals surface area contributed by atoms with Crippen molar-refractivity contribution in [1.82, 2.24) is 4.90 Å². The summed E-state index contributed by atoms with van der Waals surface area (Å²) in [4.78, 5) is 14.7. The summed E-state index contributed by atoms with van der Waals surface area (Å²) in [5.74, 6) is -0.915. The Kier molecular flexibility index (Phi) is 4.36. The third-order valence-corrected chi connectivity index (χ3v) is 3.90. The maximum Gasteiger partial charge on any atom is 0.195 e. The lowest BCUT2D eigenvalue weighted by Crippen LogP contribution is -2.19. The van der Waals surface area contributed by atoms with Crippen LogP contribution in [0.5, 0.6) is 0 Å². The van der Waals surface area contributed by atoms with Crippen LogP contribution in [0, 0.1) is 5.82 Å². The molecule has 22 heavy (non-hydrogen) atoms. The molecule has 1 aliphatic heterocycles. The quantitative estimate of drug-likeness (QED) is 0.626. The van der Waals surface area contributed by atoms with Crippen LogP contribution in [0.2, 0.25) is 5.02 Å². The highest BCUT2D eigenvalue weighted by molar-refractivity contribution is 6.30. The molecule has 2 nitrogen and oxygen atoms in total. The van der Waals surface area contributed by atoms with E-state index >= 15 is 0 Å². The van der Waals surface area contributed by atoms with E-state index in [1.807, 2.05) is 18.2 Å². The number of nitrogens with zero attached hydrogens (tertiary/aromatic N) is 1. The average molecular weight is 316 g/mol. The second kappa shape index (κ2) is 6.42. The monoisotopic (exact) mass is 315 g/mol. The maximum atomic E-state index is 13.9. The maximum absolute atomic E-state index is 13.9. The first-order valence-electron chi connectivity index (χ1n) is 7.09. The van der Waals surface area contributed by atoms with Gasteiger partial charge >= 0.3 is 0 Å². The Morgan fingerprint density at radius 3 is 2.64 bits per heavy atom. The zero-order chi connectivity index (χ0) is 15.5. The standard InChI is InChI=1S/C18H15ClFNO/c19-15-6-7-16(17(20)11-15)18(22)14-5-3-4-13(10-14)12-21-8-1-2-9-21/h1-7,10-11H,8-9,12H2. The molecule has 0 N–H and O–H groups in total. The molecule has 0 atom stereocenters. The zero-order valence-electron chi connectivity index (χ0n) is 11.9. The molecule has 0 bridgehead atoms. The smallest absolute Gasteiger partial charge is 0.195 e. The third kappa shape index (κ3) is 3.26. The molecule has 0 saturated carbocycles. The number of hydrogen-bond acceptors (Lipinski definition) is 2. The highest BCUT2D eigenvalue weighted by atomic mass is 35.5. The summed E-state index contributed by atoms with van der Waals surface area (Å²) in [7, 11) is 0. The van der Waals surface area contributed by atoms with Crippen LogP contribution in [-0.4, -0.2) is 23.8 Å². The van der Waals surface area contributed by atoms with Gasteiger partial charge in [0.15, 0.2) is 5.78 Å². The van der Waals surface area contributed by atoms with Gasteiger partial charge < -0.3 is 0 Å². The fourth-order valence-corrected chi connectivity index (χ4v) is 2.71. The molecule has 3 rings (SSSR count). The first kappa shape index (κ1) is 14.9. The van der Waals surface area contributed by atoms with Crippen LogP contribution in [-0.2, 0) is 6.54 Å². The molecule has 1 aliphatic rings. The Bertz CT molecular complexity index is 734. The number of benzene rings is 2. The number of hydrogen-bond donors (Lipinski definition) is 0. The highest BCUT2D eigenvalue weighted by Gasteiger charge is 2.15. The molecule has 0 amide bonds. The Morgan fingerprint density at radius 1 is 1.14 bits per heavy atom. The SMILES string of the molecule is O=C(c1cccc(CN2CC=CC2)c1)c1ccc(Cl)cc1F. The van der Waals surface area contributed by atoms with Gasteiger partial charge in [0.1, 0.15) is 5.82 Å². The first-order valence-corrected chi connectivity index (χ1v) is 7.47. The van der Waals surface area contributed by atoms with Gasteiger partial charge in [0.05, 0.1) is 5.56 Å². The first-order chi connectivity index (χ1) is 10.6. The van der Waals surface area contributed by atoms with Gasteiger partial charge in [-0.25, -0.2) is 4.39 Å². The van der Waals surface area contributed by atoms with Gasteiger partial charge in [-0.15, -0.1) is 0 Å². The molecule has 112 valence electrons. The van der Waals surface area contributed by atoms with Crippen LogP contribution < -0.4 is 0 Å². The van der Waals surface area contributed by atoms with E-state index in [0.717, 1.165) is 31.3 Å². The van der Waals surface area contributed by atoms with E-state index in [0.29, 0.717) is 5.56 Å². The minimum absolute atomic E-state index is 0.0457. The second-order valence-electron chi connectivity index (χ2n) is 5.32. The largest absolute Gasteiger partial charge is 0.292 e. The summed E-state index contributed by atoms with van der Waals surface area (Å²) < 4.78 is 13.9. The van der Waals surface area contributed by atoms with Crippen molar-refractivity contribution in [1.29, 1.82) is 0 Å². The highest BCUT2D eigenvalue weighted by Crippen LogP contribution is 2.19. The fourth-order valence-electron chi connectivity index (χ4n) is 2.55. The van der Waals surface area contributed by atoms with Gasteiger partial charge in [0, 0.05) is 30.2 Å². The average Bonchev–Trinajstić information content (AvgIpc) is 3.00. The molecule has 0 saturated heterocycles. The number of halogens is 2. The van der Waals surface area contributed by atoms with Crippen LogP contribution >= 0.6 is 11.6 Å². The Morgan fingerprint density at radius 2 is 1.91 bits per heavy atom. The van der Waals surface area contributed by atoms with Gasteiger partial charge in [0.2, 0.25) is 0 Å². The molecule has 1 heterocycles. The summed E-state index contributed by atoms with van der Waals surface area (Å²) in [6.45, 7) is 2.62. The molecular weight excluding hydrogens is 301 g/mol. The van der Waals surface area contributed by atoms with Crippen molar-refractivity contribution in [3.63, 3.8) is 0 Å². The van der Waals surface area contributed by atoms with Crippen molar-refractivity contribution in [2.75, 3.05) is 13.1 Å². The van der Waals surface area contributed by atoms with Crippen LogP contribution in [0.3, 0.4) is 0 Å². The summed E-state index contributed by atoms with van der Waals surface area (Å²) in [5.41, 5.74) is 1.58. The summed E-state index contributed by atoms with van der Waals surface area (Å²) >= 11 is 5.73. The van der Waals surface area contributed by atoms with Crippen molar-refractivity contribution in [3.8, 4) is 0 Å². The zero-order valence-corrected chi connectivity index (χ0v) is 12.7. The van der Waals surface area contributed by atoms with Gasteiger partial charge in [-0.2, -0.15) is 0 Å². The third-order valence-electron chi connectivity index (χ3n) is 3.66.